The third kappa shape index (κ3) is 4.41. The maximum Gasteiger partial charge on any atom is 0.256 e. The van der Waals surface area contributed by atoms with Crippen LogP contribution < -0.4 is 5.32 Å². The number of hydrogen-bond acceptors (Lipinski definition) is 4. The van der Waals surface area contributed by atoms with Gasteiger partial charge in [-0.25, -0.2) is 4.98 Å². The van der Waals surface area contributed by atoms with Gasteiger partial charge in [0.15, 0.2) is 0 Å². The van der Waals surface area contributed by atoms with Crippen LogP contribution in [-0.4, -0.2) is 28.7 Å². The summed E-state index contributed by atoms with van der Waals surface area (Å²) in [5.74, 6) is -0.305. The van der Waals surface area contributed by atoms with Crippen LogP contribution in [0.4, 0.5) is 5.69 Å². The second-order valence-corrected chi connectivity index (χ2v) is 6.93. The molecule has 1 aromatic carbocycles. The van der Waals surface area contributed by atoms with Crippen molar-refractivity contribution in [1.82, 2.24) is 9.88 Å². The van der Waals surface area contributed by atoms with Crippen molar-refractivity contribution < 1.29 is 9.59 Å². The quantitative estimate of drug-likeness (QED) is 0.868. The Morgan fingerprint density at radius 3 is 2.67 bits per heavy atom. The summed E-state index contributed by atoms with van der Waals surface area (Å²) in [5.41, 5.74) is 1.91. The smallest absolute Gasteiger partial charge is 0.256 e. The van der Waals surface area contributed by atoms with E-state index >= 15 is 0 Å². The van der Waals surface area contributed by atoms with Gasteiger partial charge in [0.05, 0.1) is 28.5 Å². The van der Waals surface area contributed by atoms with Gasteiger partial charge in [0.1, 0.15) is 0 Å². The van der Waals surface area contributed by atoms with E-state index in [0.717, 1.165) is 17.1 Å². The first kappa shape index (κ1) is 18.1. The number of para-hydroxylation sites is 1. The van der Waals surface area contributed by atoms with Gasteiger partial charge in [0.2, 0.25) is 5.91 Å². The topological polar surface area (TPSA) is 62.3 Å². The van der Waals surface area contributed by atoms with Gasteiger partial charge in [-0.2, -0.15) is 0 Å². The zero-order valence-corrected chi connectivity index (χ0v) is 15.3. The van der Waals surface area contributed by atoms with E-state index < -0.39 is 0 Å². The van der Waals surface area contributed by atoms with E-state index in [0.29, 0.717) is 17.8 Å². The Balaban J connectivity index is 2.15. The fourth-order valence-corrected chi connectivity index (χ4v) is 2.83. The first-order valence-electron chi connectivity index (χ1n) is 7.98. The molecule has 1 heterocycles. The normalized spacial score (nSPS) is 11.8. The number of carbonyl (C=O) groups is 2. The lowest BCUT2D eigenvalue weighted by Gasteiger charge is -2.19. The van der Waals surface area contributed by atoms with E-state index in [1.165, 1.54) is 0 Å². The van der Waals surface area contributed by atoms with Crippen molar-refractivity contribution in [2.75, 3.05) is 12.4 Å². The minimum atomic E-state index is -0.138. The molecule has 1 N–H and O–H groups in total. The molecule has 2 aromatic rings. The van der Waals surface area contributed by atoms with Crippen LogP contribution in [0.3, 0.4) is 0 Å². The molecule has 5 nitrogen and oxygen atoms in total. The standard InChI is InChI=1S/C18H23N3O2S/c1-5-12(2)17(22)20-16-9-7-6-8-15(16)18(23)21(4)10-14-11-24-13(3)19-14/h6-9,11-12H,5,10H2,1-4H3,(H,20,22). The molecule has 0 saturated heterocycles. The molecule has 6 heteroatoms. The molecule has 2 amide bonds. The average molecular weight is 345 g/mol. The van der Waals surface area contributed by atoms with Crippen molar-refractivity contribution in [3.63, 3.8) is 0 Å². The number of nitrogens with zero attached hydrogens (tertiary/aromatic N) is 2. The SMILES string of the molecule is CCC(C)C(=O)Nc1ccccc1C(=O)N(C)Cc1csc(C)n1. The zero-order chi connectivity index (χ0) is 17.7. The highest BCUT2D eigenvalue weighted by molar-refractivity contribution is 7.09. The van der Waals surface area contributed by atoms with Gasteiger partial charge in [-0.05, 0) is 25.5 Å². The Bertz CT molecular complexity index is 727. The molecule has 0 saturated carbocycles. The van der Waals surface area contributed by atoms with Crippen molar-refractivity contribution in [2.45, 2.75) is 33.7 Å². The molecule has 1 aromatic heterocycles. The molecule has 2 rings (SSSR count). The molecule has 0 aliphatic heterocycles. The number of benzene rings is 1. The Kier molecular flexibility index (Phi) is 6.09. The maximum absolute atomic E-state index is 12.7. The van der Waals surface area contributed by atoms with Crippen molar-refractivity contribution in [1.29, 1.82) is 0 Å². The minimum Gasteiger partial charge on any atom is -0.336 e. The van der Waals surface area contributed by atoms with E-state index in [2.05, 4.69) is 10.3 Å². The van der Waals surface area contributed by atoms with Crippen molar-refractivity contribution >= 4 is 28.8 Å². The zero-order valence-electron chi connectivity index (χ0n) is 14.5. The largest absolute Gasteiger partial charge is 0.336 e. The summed E-state index contributed by atoms with van der Waals surface area (Å²) >= 11 is 1.57. The molecule has 1 atom stereocenters. The molecule has 0 radical (unpaired) electrons. The molecule has 0 aliphatic rings. The van der Waals surface area contributed by atoms with Crippen LogP contribution in [0.2, 0.25) is 0 Å². The predicted molar refractivity (Wildman–Crippen MR) is 97.2 cm³/mol. The number of carbonyl (C=O) groups excluding carboxylic acids is 2. The van der Waals surface area contributed by atoms with Gasteiger partial charge in [-0.15, -0.1) is 11.3 Å². The monoisotopic (exact) mass is 345 g/mol. The first-order chi connectivity index (χ1) is 11.4. The third-order valence-electron chi connectivity index (χ3n) is 3.89. The Labute approximate surface area is 146 Å². The van der Waals surface area contributed by atoms with Crippen LogP contribution in [0.15, 0.2) is 29.6 Å². The Hall–Kier alpha value is -2.21. The molecule has 0 spiro atoms. The molecular weight excluding hydrogens is 322 g/mol. The lowest BCUT2D eigenvalue weighted by Crippen LogP contribution is -2.28. The number of hydrogen-bond donors (Lipinski definition) is 1. The van der Waals surface area contributed by atoms with E-state index in [9.17, 15) is 9.59 Å². The average Bonchev–Trinajstić information content (AvgIpc) is 2.98. The highest BCUT2D eigenvalue weighted by Crippen LogP contribution is 2.19. The summed E-state index contributed by atoms with van der Waals surface area (Å²) in [6.45, 7) is 6.22. The molecule has 0 fully saturated rings. The van der Waals surface area contributed by atoms with E-state index in [-0.39, 0.29) is 17.7 Å². The fourth-order valence-electron chi connectivity index (χ4n) is 2.22. The summed E-state index contributed by atoms with van der Waals surface area (Å²) in [7, 11) is 1.74. The number of thiazole rings is 1. The van der Waals surface area contributed by atoms with E-state index in [1.54, 1.807) is 41.5 Å². The van der Waals surface area contributed by atoms with Crippen molar-refractivity contribution in [2.24, 2.45) is 5.92 Å². The maximum atomic E-state index is 12.7. The number of rotatable bonds is 6. The molecule has 1 unspecified atom stereocenters. The summed E-state index contributed by atoms with van der Waals surface area (Å²) in [5, 5.41) is 5.80. The van der Waals surface area contributed by atoms with E-state index in [4.69, 9.17) is 0 Å². The lowest BCUT2D eigenvalue weighted by atomic mass is 10.1. The van der Waals surface area contributed by atoms with Gasteiger partial charge in [0, 0.05) is 18.3 Å². The molecule has 128 valence electrons. The van der Waals surface area contributed by atoms with Crippen molar-refractivity contribution in [3.05, 3.63) is 45.9 Å². The highest BCUT2D eigenvalue weighted by atomic mass is 32.1. The Morgan fingerprint density at radius 1 is 1.33 bits per heavy atom. The first-order valence-corrected chi connectivity index (χ1v) is 8.86. The fraction of sp³-hybridized carbons (Fsp3) is 0.389. The summed E-state index contributed by atoms with van der Waals surface area (Å²) in [6, 6.07) is 7.10. The summed E-state index contributed by atoms with van der Waals surface area (Å²) < 4.78 is 0. The molecule has 24 heavy (non-hydrogen) atoms. The number of anilines is 1. The van der Waals surface area contributed by atoms with Crippen LogP contribution in [0.1, 0.15) is 41.3 Å². The van der Waals surface area contributed by atoms with Crippen LogP contribution in [0.25, 0.3) is 0 Å². The second kappa shape index (κ2) is 8.06. The van der Waals surface area contributed by atoms with Gasteiger partial charge in [-0.1, -0.05) is 26.0 Å². The lowest BCUT2D eigenvalue weighted by molar-refractivity contribution is -0.119. The molecule has 0 bridgehead atoms. The summed E-state index contributed by atoms with van der Waals surface area (Å²) in [6.07, 6.45) is 0.755. The third-order valence-corrected chi connectivity index (χ3v) is 4.71. The van der Waals surface area contributed by atoms with Crippen molar-refractivity contribution in [3.8, 4) is 0 Å². The minimum absolute atomic E-state index is 0.0736. The molecular formula is C18H23N3O2S. The van der Waals surface area contributed by atoms with Gasteiger partial charge in [-0.3, -0.25) is 9.59 Å². The number of aryl methyl sites for hydroxylation is 1. The van der Waals surface area contributed by atoms with Crippen LogP contribution in [-0.2, 0) is 11.3 Å². The Morgan fingerprint density at radius 2 is 2.04 bits per heavy atom. The number of nitrogens with one attached hydrogen (secondary N) is 1. The van der Waals surface area contributed by atoms with Crippen LogP contribution in [0.5, 0.6) is 0 Å². The highest BCUT2D eigenvalue weighted by Gasteiger charge is 2.19. The van der Waals surface area contributed by atoms with Crippen LogP contribution >= 0.6 is 11.3 Å². The van der Waals surface area contributed by atoms with E-state index in [1.807, 2.05) is 32.2 Å². The second-order valence-electron chi connectivity index (χ2n) is 5.86. The van der Waals surface area contributed by atoms with Gasteiger partial charge < -0.3 is 10.2 Å². The number of aromatic nitrogens is 1. The van der Waals surface area contributed by atoms with Gasteiger partial charge in [0.25, 0.3) is 5.91 Å². The summed E-state index contributed by atoms with van der Waals surface area (Å²) in [4.78, 5) is 30.9. The molecule has 0 aliphatic carbocycles. The van der Waals surface area contributed by atoms with Gasteiger partial charge >= 0.3 is 0 Å². The number of amides is 2. The predicted octanol–water partition coefficient (Wildman–Crippen LogP) is 3.71. The van der Waals surface area contributed by atoms with Crippen LogP contribution in [0, 0.1) is 12.8 Å².